The average molecular weight is 286 g/mol. The van der Waals surface area contributed by atoms with Gasteiger partial charge in [-0.3, -0.25) is 4.90 Å². The van der Waals surface area contributed by atoms with Crippen molar-refractivity contribution in [1.82, 2.24) is 4.90 Å². The van der Waals surface area contributed by atoms with Gasteiger partial charge in [0.15, 0.2) is 0 Å². The Bertz CT molecular complexity index is 421. The van der Waals surface area contributed by atoms with E-state index in [1.165, 1.54) is 0 Å². The van der Waals surface area contributed by atoms with Gasteiger partial charge in [0, 0.05) is 16.1 Å². The van der Waals surface area contributed by atoms with E-state index >= 15 is 0 Å². The molecule has 1 aromatic rings. The quantitative estimate of drug-likeness (QED) is 0.903. The van der Waals surface area contributed by atoms with Gasteiger partial charge in [-0.1, -0.05) is 29.3 Å². The largest absolute Gasteiger partial charge is 0.391 e. The summed E-state index contributed by atoms with van der Waals surface area (Å²) in [6.45, 7) is 2.18. The molecule has 1 aromatic carbocycles. The van der Waals surface area contributed by atoms with Crippen LogP contribution in [0.15, 0.2) is 18.2 Å². The molecule has 98 valence electrons. The molecule has 1 N–H and O–H groups in total. The minimum absolute atomic E-state index is 0.176. The van der Waals surface area contributed by atoms with Crippen molar-refractivity contribution >= 4 is 23.2 Å². The molecule has 3 aliphatic heterocycles. The molecule has 3 fully saturated rings. The molecule has 4 rings (SSSR count). The molecule has 3 heterocycles. The molecule has 2 bridgehead atoms. The van der Waals surface area contributed by atoms with Crippen LogP contribution >= 0.6 is 23.2 Å². The molecule has 2 unspecified atom stereocenters. The van der Waals surface area contributed by atoms with Gasteiger partial charge in [-0.25, -0.2) is 0 Å². The molecule has 0 aliphatic carbocycles. The standard InChI is InChI=1S/C14H17Cl2NO/c15-11-2-1-3-12(16)10(11)8-13-14(18)9-4-6-17(13)7-5-9/h1-3,9,13-14,18H,4-8H2. The number of aliphatic hydroxyl groups excluding tert-OH is 1. The zero-order valence-corrected chi connectivity index (χ0v) is 11.7. The van der Waals surface area contributed by atoms with Gasteiger partial charge in [-0.15, -0.1) is 0 Å². The average Bonchev–Trinajstić information content (AvgIpc) is 2.37. The summed E-state index contributed by atoms with van der Waals surface area (Å²) in [7, 11) is 0. The van der Waals surface area contributed by atoms with Crippen molar-refractivity contribution < 1.29 is 5.11 Å². The molecule has 0 aromatic heterocycles. The summed E-state index contributed by atoms with van der Waals surface area (Å²) in [5, 5.41) is 11.8. The number of aliphatic hydroxyl groups is 1. The summed E-state index contributed by atoms with van der Waals surface area (Å²) in [4.78, 5) is 2.38. The Morgan fingerprint density at radius 3 is 2.33 bits per heavy atom. The van der Waals surface area contributed by atoms with Crippen molar-refractivity contribution in [1.29, 1.82) is 0 Å². The molecule has 3 aliphatic rings. The fourth-order valence-corrected chi connectivity index (χ4v) is 3.86. The topological polar surface area (TPSA) is 23.5 Å². The Kier molecular flexibility index (Phi) is 3.55. The maximum atomic E-state index is 10.4. The summed E-state index contributed by atoms with van der Waals surface area (Å²) in [5.74, 6) is 0.460. The lowest BCUT2D eigenvalue weighted by Crippen LogP contribution is -2.58. The number of nitrogens with zero attached hydrogens (tertiary/aromatic N) is 1. The van der Waals surface area contributed by atoms with E-state index in [1.54, 1.807) is 0 Å². The Hall–Kier alpha value is -0.280. The van der Waals surface area contributed by atoms with Crippen molar-refractivity contribution in [2.24, 2.45) is 5.92 Å². The van der Waals surface area contributed by atoms with Gasteiger partial charge in [0.2, 0.25) is 0 Å². The molecule has 3 saturated heterocycles. The van der Waals surface area contributed by atoms with Crippen LogP contribution in [0.3, 0.4) is 0 Å². The highest BCUT2D eigenvalue weighted by molar-refractivity contribution is 6.36. The molecule has 2 nitrogen and oxygen atoms in total. The second-order valence-corrected chi connectivity index (χ2v) is 6.15. The first-order valence-corrected chi connectivity index (χ1v) is 7.27. The third-order valence-electron chi connectivity index (χ3n) is 4.40. The smallest absolute Gasteiger partial charge is 0.0727 e. The van der Waals surface area contributed by atoms with Crippen molar-refractivity contribution in [2.75, 3.05) is 13.1 Å². The zero-order valence-electron chi connectivity index (χ0n) is 10.1. The van der Waals surface area contributed by atoms with Gasteiger partial charge in [0.1, 0.15) is 0 Å². The summed E-state index contributed by atoms with van der Waals surface area (Å²) < 4.78 is 0. The first-order valence-electron chi connectivity index (χ1n) is 6.52. The molecular weight excluding hydrogens is 269 g/mol. The SMILES string of the molecule is OC1C2CCN(CC2)C1Cc1c(Cl)cccc1Cl. The van der Waals surface area contributed by atoms with Crippen LogP contribution in [0.2, 0.25) is 10.0 Å². The fourth-order valence-electron chi connectivity index (χ4n) is 3.31. The monoisotopic (exact) mass is 285 g/mol. The van der Waals surface area contributed by atoms with E-state index < -0.39 is 0 Å². The number of benzene rings is 1. The van der Waals surface area contributed by atoms with Crippen LogP contribution in [0.5, 0.6) is 0 Å². The van der Waals surface area contributed by atoms with Crippen LogP contribution in [0.25, 0.3) is 0 Å². The van der Waals surface area contributed by atoms with Crippen LogP contribution < -0.4 is 0 Å². The molecule has 0 amide bonds. The van der Waals surface area contributed by atoms with E-state index in [0.717, 1.165) is 37.9 Å². The molecule has 2 atom stereocenters. The van der Waals surface area contributed by atoms with E-state index in [2.05, 4.69) is 4.90 Å². The van der Waals surface area contributed by atoms with Crippen molar-refractivity contribution in [3.05, 3.63) is 33.8 Å². The number of rotatable bonds is 2. The summed E-state index contributed by atoms with van der Waals surface area (Å²) in [5.41, 5.74) is 0.970. The van der Waals surface area contributed by atoms with Gasteiger partial charge in [-0.2, -0.15) is 0 Å². The van der Waals surface area contributed by atoms with E-state index in [0.29, 0.717) is 16.0 Å². The van der Waals surface area contributed by atoms with Crippen molar-refractivity contribution in [3.8, 4) is 0 Å². The second-order valence-electron chi connectivity index (χ2n) is 5.34. The van der Waals surface area contributed by atoms with Gasteiger partial charge in [0.25, 0.3) is 0 Å². The van der Waals surface area contributed by atoms with E-state index in [-0.39, 0.29) is 12.1 Å². The summed E-state index contributed by atoms with van der Waals surface area (Å²) in [6.07, 6.45) is 2.75. The molecule has 0 saturated carbocycles. The molecular formula is C14H17Cl2NO. The third kappa shape index (κ3) is 2.16. The number of fused-ring (bicyclic) bond motifs is 3. The number of hydrogen-bond acceptors (Lipinski definition) is 2. The maximum Gasteiger partial charge on any atom is 0.0727 e. The van der Waals surface area contributed by atoms with Crippen LogP contribution in [-0.4, -0.2) is 35.2 Å². The normalized spacial score (nSPS) is 34.8. The Morgan fingerprint density at radius 1 is 1.17 bits per heavy atom. The maximum absolute atomic E-state index is 10.4. The molecule has 0 radical (unpaired) electrons. The number of hydrogen-bond donors (Lipinski definition) is 1. The zero-order chi connectivity index (χ0) is 12.7. The number of halogens is 2. The van der Waals surface area contributed by atoms with E-state index in [1.807, 2.05) is 18.2 Å². The first kappa shape index (κ1) is 12.7. The van der Waals surface area contributed by atoms with Gasteiger partial charge in [0.05, 0.1) is 6.10 Å². The van der Waals surface area contributed by atoms with Crippen LogP contribution in [0.1, 0.15) is 18.4 Å². The van der Waals surface area contributed by atoms with Crippen molar-refractivity contribution in [2.45, 2.75) is 31.4 Å². The van der Waals surface area contributed by atoms with E-state index in [9.17, 15) is 5.11 Å². The highest BCUT2D eigenvalue weighted by atomic mass is 35.5. The first-order chi connectivity index (χ1) is 8.66. The lowest BCUT2D eigenvalue weighted by molar-refractivity contribution is -0.0715. The molecule has 0 spiro atoms. The van der Waals surface area contributed by atoms with Crippen LogP contribution in [-0.2, 0) is 6.42 Å². The van der Waals surface area contributed by atoms with Gasteiger partial charge < -0.3 is 5.11 Å². The summed E-state index contributed by atoms with van der Waals surface area (Å²) in [6, 6.07) is 5.77. The summed E-state index contributed by atoms with van der Waals surface area (Å²) >= 11 is 12.4. The Labute approximate surface area is 117 Å². The predicted octanol–water partition coefficient (Wildman–Crippen LogP) is 2.99. The molecule has 4 heteroatoms. The van der Waals surface area contributed by atoms with Crippen LogP contribution in [0.4, 0.5) is 0 Å². The van der Waals surface area contributed by atoms with Gasteiger partial charge in [-0.05, 0) is 56.0 Å². The predicted molar refractivity (Wildman–Crippen MR) is 74.3 cm³/mol. The minimum Gasteiger partial charge on any atom is -0.391 e. The lowest BCUT2D eigenvalue weighted by Gasteiger charge is -2.49. The molecule has 18 heavy (non-hydrogen) atoms. The Balaban J connectivity index is 1.84. The third-order valence-corrected chi connectivity index (χ3v) is 5.10. The minimum atomic E-state index is -0.236. The van der Waals surface area contributed by atoms with Gasteiger partial charge >= 0.3 is 0 Å². The second kappa shape index (κ2) is 5.01. The van der Waals surface area contributed by atoms with Crippen LogP contribution in [0, 0.1) is 5.92 Å². The number of piperidine rings is 3. The lowest BCUT2D eigenvalue weighted by atomic mass is 9.78. The highest BCUT2D eigenvalue weighted by Crippen LogP contribution is 2.36. The van der Waals surface area contributed by atoms with E-state index in [4.69, 9.17) is 23.2 Å². The van der Waals surface area contributed by atoms with Crippen molar-refractivity contribution in [3.63, 3.8) is 0 Å². The highest BCUT2D eigenvalue weighted by Gasteiger charge is 2.41. The Morgan fingerprint density at radius 2 is 1.78 bits per heavy atom. The fraction of sp³-hybridized carbons (Fsp3) is 0.571.